The van der Waals surface area contributed by atoms with Crippen molar-refractivity contribution < 1.29 is 22.3 Å². The highest BCUT2D eigenvalue weighted by atomic mass is 32.3. The molecule has 0 saturated carbocycles. The summed E-state index contributed by atoms with van der Waals surface area (Å²) in [6.07, 6.45) is 0.102. The molecule has 108 valence electrons. The van der Waals surface area contributed by atoms with E-state index in [0.717, 1.165) is 0 Å². The van der Waals surface area contributed by atoms with Gasteiger partial charge in [0.05, 0.1) is 11.8 Å². The topological polar surface area (TPSA) is 146 Å². The number of hydrogen-bond donors (Lipinski definition) is 5. The number of ether oxygens (including phenoxy) is 1. The van der Waals surface area contributed by atoms with E-state index in [2.05, 4.69) is 5.32 Å². The number of para-hydroxylation sites is 2. The van der Waals surface area contributed by atoms with Gasteiger partial charge in [-0.15, -0.1) is 0 Å². The van der Waals surface area contributed by atoms with Crippen molar-refractivity contribution >= 4 is 22.0 Å². The van der Waals surface area contributed by atoms with Crippen LogP contribution in [0.5, 0.6) is 5.75 Å². The monoisotopic (exact) mass is 291 g/mol. The largest absolute Gasteiger partial charge is 0.489 e. The van der Waals surface area contributed by atoms with E-state index in [9.17, 15) is 0 Å². The fourth-order valence-corrected chi connectivity index (χ4v) is 1.07. The second-order valence-electron chi connectivity index (χ2n) is 3.65. The zero-order valence-electron chi connectivity index (χ0n) is 10.5. The molecule has 19 heavy (non-hydrogen) atoms. The number of hydrogen-bond acceptors (Lipinski definition) is 4. The minimum atomic E-state index is -4.67. The predicted octanol–water partition coefficient (Wildman–Crippen LogP) is 1.13. The summed E-state index contributed by atoms with van der Waals surface area (Å²) in [6.45, 7) is 3.90. The summed E-state index contributed by atoms with van der Waals surface area (Å²) >= 11 is 0. The van der Waals surface area contributed by atoms with Gasteiger partial charge in [-0.05, 0) is 26.0 Å². The lowest BCUT2D eigenvalue weighted by Crippen LogP contribution is -2.21. The smallest absolute Gasteiger partial charge is 0.394 e. The molecule has 8 nitrogen and oxygen atoms in total. The Morgan fingerprint density at radius 2 is 1.84 bits per heavy atom. The quantitative estimate of drug-likeness (QED) is 0.318. The van der Waals surface area contributed by atoms with E-state index in [1.54, 1.807) is 0 Å². The lowest BCUT2D eigenvalue weighted by atomic mass is 10.3. The van der Waals surface area contributed by atoms with E-state index < -0.39 is 10.4 Å². The van der Waals surface area contributed by atoms with Crippen molar-refractivity contribution in [2.45, 2.75) is 20.0 Å². The van der Waals surface area contributed by atoms with Gasteiger partial charge in [-0.2, -0.15) is 8.42 Å². The maximum Gasteiger partial charge on any atom is 0.394 e. The third kappa shape index (κ3) is 11.0. The molecule has 0 spiro atoms. The fraction of sp³-hybridized carbons (Fsp3) is 0.300. The molecular weight excluding hydrogens is 274 g/mol. The normalized spacial score (nSPS) is 10.4. The Labute approximate surface area is 111 Å². The second-order valence-corrected chi connectivity index (χ2v) is 4.54. The number of rotatable bonds is 3. The maximum atomic E-state index is 8.74. The number of nitrogens with two attached hydrogens (primary N) is 1. The van der Waals surface area contributed by atoms with Crippen LogP contribution in [0.25, 0.3) is 0 Å². The number of guanidine groups is 1. The Bertz CT molecular complexity index is 508. The Hall–Kier alpha value is -1.84. The Morgan fingerprint density at radius 3 is 2.26 bits per heavy atom. The number of anilines is 1. The molecule has 0 atom stereocenters. The van der Waals surface area contributed by atoms with Gasteiger partial charge in [0, 0.05) is 0 Å². The summed E-state index contributed by atoms with van der Waals surface area (Å²) in [5, 5.41) is 9.84. The van der Waals surface area contributed by atoms with Crippen LogP contribution in [0.4, 0.5) is 5.69 Å². The molecule has 0 fully saturated rings. The first-order valence-electron chi connectivity index (χ1n) is 5.16. The van der Waals surface area contributed by atoms with Crippen molar-refractivity contribution in [3.8, 4) is 5.75 Å². The molecule has 0 aliphatic rings. The number of benzene rings is 1. The third-order valence-corrected chi connectivity index (χ3v) is 1.52. The Balaban J connectivity index is 0.000000555. The highest BCUT2D eigenvalue weighted by molar-refractivity contribution is 7.79. The summed E-state index contributed by atoms with van der Waals surface area (Å²) < 4.78 is 37.1. The van der Waals surface area contributed by atoms with E-state index in [0.29, 0.717) is 11.4 Å². The first-order chi connectivity index (χ1) is 8.59. The van der Waals surface area contributed by atoms with E-state index in [-0.39, 0.29) is 12.1 Å². The van der Waals surface area contributed by atoms with Crippen LogP contribution in [0.2, 0.25) is 0 Å². The third-order valence-electron chi connectivity index (χ3n) is 1.52. The minimum Gasteiger partial charge on any atom is -0.489 e. The molecule has 6 N–H and O–H groups in total. The van der Waals surface area contributed by atoms with Gasteiger partial charge < -0.3 is 15.8 Å². The summed E-state index contributed by atoms with van der Waals surface area (Å²) in [6, 6.07) is 7.39. The van der Waals surface area contributed by atoms with E-state index in [4.69, 9.17) is 33.4 Å². The molecule has 0 bridgehead atoms. The zero-order chi connectivity index (χ0) is 15.1. The minimum absolute atomic E-state index is 0.0928. The Kier molecular flexibility index (Phi) is 6.83. The fourth-order valence-electron chi connectivity index (χ4n) is 1.07. The molecule has 0 unspecified atom stereocenters. The molecule has 0 aliphatic heterocycles. The molecular formula is C10H17N3O5S. The maximum absolute atomic E-state index is 8.74. The van der Waals surface area contributed by atoms with Gasteiger partial charge >= 0.3 is 10.4 Å². The van der Waals surface area contributed by atoms with E-state index in [1.165, 1.54) is 0 Å². The predicted molar refractivity (Wildman–Crippen MR) is 71.9 cm³/mol. The SMILES string of the molecule is CC(C)Oc1ccccc1NC(=N)N.O=S(=O)(O)O. The molecule has 0 heterocycles. The van der Waals surface area contributed by atoms with Crippen molar-refractivity contribution in [3.05, 3.63) is 24.3 Å². The lowest BCUT2D eigenvalue weighted by molar-refractivity contribution is 0.244. The molecule has 1 aromatic carbocycles. The molecule has 0 saturated heterocycles. The van der Waals surface area contributed by atoms with Crippen molar-refractivity contribution in [3.63, 3.8) is 0 Å². The van der Waals surface area contributed by atoms with Crippen LogP contribution in [0.15, 0.2) is 24.3 Å². The molecule has 9 heteroatoms. The van der Waals surface area contributed by atoms with E-state index in [1.807, 2.05) is 38.1 Å². The second kappa shape index (κ2) is 7.56. The van der Waals surface area contributed by atoms with Crippen LogP contribution in [0.3, 0.4) is 0 Å². The van der Waals surface area contributed by atoms with Gasteiger partial charge in [0.2, 0.25) is 0 Å². The van der Waals surface area contributed by atoms with Gasteiger partial charge in [0.1, 0.15) is 5.75 Å². The first-order valence-corrected chi connectivity index (χ1v) is 6.56. The van der Waals surface area contributed by atoms with Gasteiger partial charge in [-0.1, -0.05) is 12.1 Å². The van der Waals surface area contributed by atoms with E-state index >= 15 is 0 Å². The van der Waals surface area contributed by atoms with Crippen molar-refractivity contribution in [1.29, 1.82) is 5.41 Å². The highest BCUT2D eigenvalue weighted by Gasteiger charge is 2.04. The van der Waals surface area contributed by atoms with Crippen LogP contribution >= 0.6 is 0 Å². The van der Waals surface area contributed by atoms with Crippen LogP contribution < -0.4 is 15.8 Å². The average molecular weight is 291 g/mol. The molecule has 0 radical (unpaired) electrons. The van der Waals surface area contributed by atoms with Crippen molar-refractivity contribution in [1.82, 2.24) is 0 Å². The van der Waals surface area contributed by atoms with Crippen LogP contribution in [0.1, 0.15) is 13.8 Å². The summed E-state index contributed by atoms with van der Waals surface area (Å²) in [5.74, 6) is 0.613. The standard InChI is InChI=1S/C10H15N3O.H2O4S/c1-7(2)14-9-6-4-3-5-8(9)13-10(11)12;1-5(2,3)4/h3-7H,1-2H3,(H4,11,12,13);(H2,1,2,3,4). The van der Waals surface area contributed by atoms with Crippen molar-refractivity contribution in [2.24, 2.45) is 5.73 Å². The lowest BCUT2D eigenvalue weighted by Gasteiger charge is -2.14. The zero-order valence-corrected chi connectivity index (χ0v) is 11.3. The van der Waals surface area contributed by atoms with Crippen LogP contribution in [-0.4, -0.2) is 29.6 Å². The van der Waals surface area contributed by atoms with Crippen LogP contribution in [-0.2, 0) is 10.4 Å². The Morgan fingerprint density at radius 1 is 1.37 bits per heavy atom. The van der Waals surface area contributed by atoms with Gasteiger partial charge in [0.15, 0.2) is 5.96 Å². The summed E-state index contributed by atoms with van der Waals surface area (Å²) in [7, 11) is -4.67. The van der Waals surface area contributed by atoms with Gasteiger partial charge in [-0.25, -0.2) is 0 Å². The molecule has 0 aliphatic carbocycles. The summed E-state index contributed by atoms with van der Waals surface area (Å²) in [5.41, 5.74) is 5.96. The number of nitrogens with one attached hydrogen (secondary N) is 2. The van der Waals surface area contributed by atoms with Crippen molar-refractivity contribution in [2.75, 3.05) is 5.32 Å². The van der Waals surface area contributed by atoms with Gasteiger partial charge in [-0.3, -0.25) is 14.5 Å². The first kappa shape index (κ1) is 17.2. The molecule has 0 amide bonds. The molecule has 1 rings (SSSR count). The van der Waals surface area contributed by atoms with Crippen LogP contribution in [0, 0.1) is 5.41 Å². The van der Waals surface area contributed by atoms with Gasteiger partial charge in [0.25, 0.3) is 0 Å². The summed E-state index contributed by atoms with van der Waals surface area (Å²) in [4.78, 5) is 0. The highest BCUT2D eigenvalue weighted by Crippen LogP contribution is 2.24. The average Bonchev–Trinajstić information content (AvgIpc) is 2.16. The molecule has 0 aromatic heterocycles. The molecule has 1 aromatic rings.